The number of benzene rings is 3. The quantitative estimate of drug-likeness (QED) is 0.319. The van der Waals surface area contributed by atoms with E-state index < -0.39 is 10.0 Å². The predicted octanol–water partition coefficient (Wildman–Crippen LogP) is 6.05. The number of aryl methyl sites for hydroxylation is 1. The lowest BCUT2D eigenvalue weighted by Gasteiger charge is -2.37. The third-order valence-electron chi connectivity index (χ3n) is 7.45. The van der Waals surface area contributed by atoms with Crippen molar-refractivity contribution in [1.82, 2.24) is 19.2 Å². The monoisotopic (exact) mass is 543 g/mol. The second-order valence-electron chi connectivity index (χ2n) is 11.3. The summed E-state index contributed by atoms with van der Waals surface area (Å²) in [6, 6.07) is 23.5. The molecular weight excluding hydrogens is 506 g/mol. The van der Waals surface area contributed by atoms with E-state index in [2.05, 4.69) is 57.0 Å². The van der Waals surface area contributed by atoms with Gasteiger partial charge in [-0.15, -0.1) is 0 Å². The standard InChI is InChI=1S/C31H37N5O2S/c1-22-9-8-10-25(21-22)32-30-27-11-6-7-12-28(27)33-29(34-30)23(2)35-17-19-36(20-18-35)39(37,38)26-15-13-24(14-16-26)31(3,4)5/h6-16,21,23H,17-20H2,1-5H3,(H,32,33,34). The van der Waals surface area contributed by atoms with Gasteiger partial charge in [-0.2, -0.15) is 4.31 Å². The van der Waals surface area contributed by atoms with Crippen LogP contribution in [0.25, 0.3) is 10.9 Å². The van der Waals surface area contributed by atoms with E-state index in [0.717, 1.165) is 33.8 Å². The number of para-hydroxylation sites is 1. The fraction of sp³-hybridized carbons (Fsp3) is 0.355. The minimum atomic E-state index is -3.55. The van der Waals surface area contributed by atoms with Gasteiger partial charge in [0.25, 0.3) is 0 Å². The maximum Gasteiger partial charge on any atom is 0.243 e. The van der Waals surface area contributed by atoms with Crippen LogP contribution in [0.3, 0.4) is 0 Å². The van der Waals surface area contributed by atoms with Gasteiger partial charge >= 0.3 is 0 Å². The van der Waals surface area contributed by atoms with Crippen LogP contribution in [-0.4, -0.2) is 53.8 Å². The average molecular weight is 544 g/mol. The van der Waals surface area contributed by atoms with Crippen molar-refractivity contribution in [3.63, 3.8) is 0 Å². The molecule has 0 radical (unpaired) electrons. The number of aromatic nitrogens is 2. The van der Waals surface area contributed by atoms with Crippen LogP contribution in [0.2, 0.25) is 0 Å². The summed E-state index contributed by atoms with van der Waals surface area (Å²) in [5.74, 6) is 1.49. The third-order valence-corrected chi connectivity index (χ3v) is 9.37. The van der Waals surface area contributed by atoms with Crippen molar-refractivity contribution in [2.75, 3.05) is 31.5 Å². The Labute approximate surface area is 232 Å². The van der Waals surface area contributed by atoms with E-state index in [1.54, 1.807) is 16.4 Å². The molecule has 2 heterocycles. The Balaban J connectivity index is 1.33. The van der Waals surface area contributed by atoms with E-state index in [-0.39, 0.29) is 11.5 Å². The predicted molar refractivity (Wildman–Crippen MR) is 158 cm³/mol. The summed E-state index contributed by atoms with van der Waals surface area (Å²) < 4.78 is 28.3. The molecule has 1 saturated heterocycles. The van der Waals surface area contributed by atoms with Crippen LogP contribution in [0.15, 0.2) is 77.7 Å². The summed E-state index contributed by atoms with van der Waals surface area (Å²) in [5.41, 5.74) is 4.12. The summed E-state index contributed by atoms with van der Waals surface area (Å²) in [5, 5.41) is 4.45. The van der Waals surface area contributed by atoms with Crippen molar-refractivity contribution in [1.29, 1.82) is 0 Å². The first kappa shape index (κ1) is 27.2. The maximum absolute atomic E-state index is 13.4. The molecule has 1 unspecified atom stereocenters. The van der Waals surface area contributed by atoms with Gasteiger partial charge in [0.15, 0.2) is 0 Å². The molecule has 4 aromatic rings. The number of nitrogens with one attached hydrogen (secondary N) is 1. The summed E-state index contributed by atoms with van der Waals surface area (Å²) in [6.07, 6.45) is 0. The van der Waals surface area contributed by atoms with Crippen molar-refractivity contribution in [2.24, 2.45) is 0 Å². The van der Waals surface area contributed by atoms with Gasteiger partial charge in [0.2, 0.25) is 10.0 Å². The molecule has 1 aromatic heterocycles. The van der Waals surface area contributed by atoms with Gasteiger partial charge in [-0.1, -0.05) is 57.2 Å². The molecule has 0 aliphatic carbocycles. The Morgan fingerprint density at radius 3 is 2.23 bits per heavy atom. The van der Waals surface area contributed by atoms with Crippen LogP contribution >= 0.6 is 0 Å². The number of sulfonamides is 1. The van der Waals surface area contributed by atoms with E-state index in [0.29, 0.717) is 31.1 Å². The highest BCUT2D eigenvalue weighted by Crippen LogP contribution is 2.29. The van der Waals surface area contributed by atoms with Gasteiger partial charge in [-0.3, -0.25) is 4.90 Å². The van der Waals surface area contributed by atoms with E-state index in [4.69, 9.17) is 9.97 Å². The number of rotatable bonds is 6. The third kappa shape index (κ3) is 5.83. The lowest BCUT2D eigenvalue weighted by molar-refractivity contribution is 0.141. The molecule has 7 nitrogen and oxygen atoms in total. The van der Waals surface area contributed by atoms with Crippen molar-refractivity contribution < 1.29 is 8.42 Å². The zero-order valence-corrected chi connectivity index (χ0v) is 24.2. The molecule has 1 N–H and O–H groups in total. The largest absolute Gasteiger partial charge is 0.340 e. The van der Waals surface area contributed by atoms with Crippen LogP contribution in [-0.2, 0) is 15.4 Å². The second-order valence-corrected chi connectivity index (χ2v) is 13.3. The molecule has 0 spiro atoms. The minimum Gasteiger partial charge on any atom is -0.340 e. The van der Waals surface area contributed by atoms with Gasteiger partial charge < -0.3 is 5.32 Å². The Bertz CT molecular complexity index is 1570. The molecule has 8 heteroatoms. The van der Waals surface area contributed by atoms with Crippen LogP contribution < -0.4 is 5.32 Å². The molecule has 3 aromatic carbocycles. The van der Waals surface area contributed by atoms with Crippen molar-refractivity contribution in [3.8, 4) is 0 Å². The van der Waals surface area contributed by atoms with Crippen molar-refractivity contribution in [2.45, 2.75) is 51.0 Å². The van der Waals surface area contributed by atoms with Crippen LogP contribution in [0.4, 0.5) is 11.5 Å². The number of fused-ring (bicyclic) bond motifs is 1. The molecule has 1 aliphatic rings. The van der Waals surface area contributed by atoms with Gasteiger partial charge in [0.05, 0.1) is 16.5 Å². The molecule has 0 saturated carbocycles. The molecule has 39 heavy (non-hydrogen) atoms. The first-order valence-corrected chi connectivity index (χ1v) is 14.9. The highest BCUT2D eigenvalue weighted by atomic mass is 32.2. The molecule has 1 fully saturated rings. The number of anilines is 2. The number of hydrogen-bond donors (Lipinski definition) is 1. The number of hydrogen-bond acceptors (Lipinski definition) is 6. The fourth-order valence-corrected chi connectivity index (χ4v) is 6.43. The maximum atomic E-state index is 13.4. The molecule has 1 atom stereocenters. The summed E-state index contributed by atoms with van der Waals surface area (Å²) in [7, 11) is -3.55. The highest BCUT2D eigenvalue weighted by Gasteiger charge is 2.31. The number of piperazine rings is 1. The normalized spacial score (nSPS) is 16.3. The first-order chi connectivity index (χ1) is 18.5. The van der Waals surface area contributed by atoms with Crippen LogP contribution in [0.1, 0.15) is 50.7 Å². The second kappa shape index (κ2) is 10.7. The molecule has 204 valence electrons. The lowest BCUT2D eigenvalue weighted by atomic mass is 9.87. The van der Waals surface area contributed by atoms with Crippen molar-refractivity contribution >= 4 is 32.4 Å². The van der Waals surface area contributed by atoms with Crippen LogP contribution in [0.5, 0.6) is 0 Å². The minimum absolute atomic E-state index is 0.0235. The first-order valence-electron chi connectivity index (χ1n) is 13.5. The lowest BCUT2D eigenvalue weighted by Crippen LogP contribution is -2.49. The summed E-state index contributed by atoms with van der Waals surface area (Å²) in [4.78, 5) is 12.4. The van der Waals surface area contributed by atoms with E-state index >= 15 is 0 Å². The molecule has 0 bridgehead atoms. The Morgan fingerprint density at radius 2 is 1.56 bits per heavy atom. The van der Waals surface area contributed by atoms with Gasteiger partial charge in [-0.05, 0) is 66.8 Å². The molecular formula is C31H37N5O2S. The zero-order valence-electron chi connectivity index (χ0n) is 23.3. The van der Waals surface area contributed by atoms with E-state index in [1.807, 2.05) is 48.5 Å². The zero-order chi connectivity index (χ0) is 27.8. The highest BCUT2D eigenvalue weighted by molar-refractivity contribution is 7.89. The summed E-state index contributed by atoms with van der Waals surface area (Å²) in [6.45, 7) is 12.6. The van der Waals surface area contributed by atoms with Gasteiger partial charge in [-0.25, -0.2) is 18.4 Å². The SMILES string of the molecule is Cc1cccc(Nc2nc(C(C)N3CCN(S(=O)(=O)c4ccc(C(C)(C)C)cc4)CC3)nc3ccccc23)c1. The Morgan fingerprint density at radius 1 is 0.872 bits per heavy atom. The molecule has 5 rings (SSSR count). The molecule has 0 amide bonds. The van der Waals surface area contributed by atoms with Gasteiger partial charge in [0, 0.05) is 37.3 Å². The van der Waals surface area contributed by atoms with E-state index in [1.165, 1.54) is 5.56 Å². The topological polar surface area (TPSA) is 78.4 Å². The Hall–Kier alpha value is -3.33. The Kier molecular flexibility index (Phi) is 7.46. The fourth-order valence-electron chi connectivity index (χ4n) is 5.01. The summed E-state index contributed by atoms with van der Waals surface area (Å²) >= 11 is 0. The van der Waals surface area contributed by atoms with Crippen LogP contribution in [0, 0.1) is 6.92 Å². The van der Waals surface area contributed by atoms with Gasteiger partial charge in [0.1, 0.15) is 11.6 Å². The van der Waals surface area contributed by atoms with E-state index in [9.17, 15) is 8.42 Å². The number of nitrogens with zero attached hydrogens (tertiary/aromatic N) is 4. The molecule has 1 aliphatic heterocycles. The van der Waals surface area contributed by atoms with Crippen molar-refractivity contribution in [3.05, 3.63) is 89.7 Å². The average Bonchev–Trinajstić information content (AvgIpc) is 2.92. The smallest absolute Gasteiger partial charge is 0.243 e.